The van der Waals surface area contributed by atoms with Crippen molar-refractivity contribution in [1.29, 1.82) is 0 Å². The first-order valence-corrected chi connectivity index (χ1v) is 49.1. The molecule has 11 aromatic heterocycles. The molecule has 0 N–H and O–H groups in total. The van der Waals surface area contributed by atoms with E-state index in [2.05, 4.69) is 384 Å². The van der Waals surface area contributed by atoms with E-state index in [0.717, 1.165) is 155 Å². The third kappa shape index (κ3) is 12.7. The van der Waals surface area contributed by atoms with Gasteiger partial charge in [0.2, 0.25) is 17.1 Å². The number of fused-ring (bicyclic) bond motifs is 27. The van der Waals surface area contributed by atoms with Gasteiger partial charge in [0, 0.05) is 124 Å². The van der Waals surface area contributed by atoms with Gasteiger partial charge in [-0.15, -0.1) is 11.3 Å². The van der Waals surface area contributed by atoms with Crippen molar-refractivity contribution in [2.24, 2.45) is 0 Å². The molecule has 0 saturated heterocycles. The van der Waals surface area contributed by atoms with Crippen LogP contribution in [0.25, 0.3) is 275 Å². The predicted molar refractivity (Wildman–Crippen MR) is 588 cm³/mol. The Hall–Kier alpha value is -18.8. The number of aromatic nitrogens is 10. The highest BCUT2D eigenvalue weighted by Gasteiger charge is 2.37. The molecular weight excluding hydrogens is 1770 g/mol. The van der Waals surface area contributed by atoms with Crippen LogP contribution in [-0.2, 0) is 5.41 Å². The highest BCUT2D eigenvalue weighted by Crippen LogP contribution is 2.54. The van der Waals surface area contributed by atoms with Gasteiger partial charge in [-0.2, -0.15) is 15.0 Å². The van der Waals surface area contributed by atoms with Crippen LogP contribution in [0.15, 0.2) is 462 Å². The van der Waals surface area contributed by atoms with E-state index >= 15 is 0 Å². The van der Waals surface area contributed by atoms with Gasteiger partial charge in [0.15, 0.2) is 17.5 Å². The van der Waals surface area contributed by atoms with Gasteiger partial charge in [-0.3, -0.25) is 0 Å². The van der Waals surface area contributed by atoms with Crippen LogP contribution in [0.1, 0.15) is 25.0 Å². The van der Waals surface area contributed by atoms with Crippen LogP contribution in [0.5, 0.6) is 0 Å². The van der Waals surface area contributed by atoms with Crippen molar-refractivity contribution >= 4 is 185 Å². The van der Waals surface area contributed by atoms with Crippen molar-refractivity contribution in [1.82, 2.24) is 48.2 Å². The van der Waals surface area contributed by atoms with Gasteiger partial charge in [-0.1, -0.05) is 329 Å². The Labute approximate surface area is 821 Å². The molecule has 13 nitrogen and oxygen atoms in total. The monoisotopic (exact) mass is 1850 g/mol. The summed E-state index contributed by atoms with van der Waals surface area (Å²) in [6, 6.07) is 158. The molecule has 0 unspecified atom stereocenters. The summed E-state index contributed by atoms with van der Waals surface area (Å²) >= 11 is 1.85. The number of nitrogens with zero attached hydrogens (tertiary/aromatic N) is 10. The SMILES string of the molecule is CC1(C)c2ccccc2-c2cc3c(cc21)c1ccccc1n3-c1ccccc1-c1nc(-c2ccccc2)c2c(n1)oc1ccccc12.c1ccc(-c2nc(-c3ccccc3-n3c4ccccc4c4cc5c(cc43)c3ccccc3n5-c3ccccc3)nc3oc4ccccc4c23)cc1.c1ccc(-c2nc(-c3ccccc3-n3c4ccccc4c4cc5sc6ccccc6c5cc43)nc3oc4ccccc4c23)cc1. The summed E-state index contributed by atoms with van der Waals surface area (Å²) in [4.78, 5) is 31.3. The van der Waals surface area contributed by atoms with Gasteiger partial charge in [0.1, 0.15) is 16.7 Å². The quantitative estimate of drug-likeness (QED) is 0.131. The highest BCUT2D eigenvalue weighted by molar-refractivity contribution is 7.25. The molecule has 143 heavy (non-hydrogen) atoms. The van der Waals surface area contributed by atoms with Crippen molar-refractivity contribution in [3.05, 3.63) is 460 Å². The van der Waals surface area contributed by atoms with E-state index in [1.807, 2.05) is 108 Å². The number of hydrogen-bond acceptors (Lipinski definition) is 10. The van der Waals surface area contributed by atoms with Crippen LogP contribution in [-0.4, -0.2) is 48.2 Å². The molecule has 0 spiro atoms. The zero-order valence-electron chi connectivity index (χ0n) is 77.3. The van der Waals surface area contributed by atoms with E-state index in [1.54, 1.807) is 0 Å². The predicted octanol–water partition coefficient (Wildman–Crippen LogP) is 34.2. The lowest BCUT2D eigenvalue weighted by Gasteiger charge is -2.21. The van der Waals surface area contributed by atoms with Gasteiger partial charge >= 0.3 is 0 Å². The summed E-state index contributed by atoms with van der Waals surface area (Å²) in [7, 11) is 0. The Kier molecular flexibility index (Phi) is 18.3. The fourth-order valence-electron chi connectivity index (χ4n) is 22.6. The number of thiophene rings is 1. The third-order valence-electron chi connectivity index (χ3n) is 29.0. The van der Waals surface area contributed by atoms with Crippen LogP contribution < -0.4 is 0 Å². The molecule has 0 radical (unpaired) electrons. The Morgan fingerprint density at radius 2 is 0.517 bits per heavy atom. The number of rotatable bonds is 10. The second kappa shape index (κ2) is 32.2. The lowest BCUT2D eigenvalue weighted by molar-refractivity contribution is 0.653. The summed E-state index contributed by atoms with van der Waals surface area (Å²) in [6.07, 6.45) is 0. The molecule has 30 aromatic rings. The van der Waals surface area contributed by atoms with E-state index in [0.29, 0.717) is 34.6 Å². The van der Waals surface area contributed by atoms with E-state index in [-0.39, 0.29) is 5.41 Å². The van der Waals surface area contributed by atoms with Gasteiger partial charge in [0.25, 0.3) is 0 Å². The van der Waals surface area contributed by atoms with Crippen LogP contribution >= 0.6 is 11.3 Å². The first-order chi connectivity index (χ1) is 70.7. The van der Waals surface area contributed by atoms with E-state index in [4.69, 9.17) is 43.2 Å². The molecule has 31 rings (SSSR count). The summed E-state index contributed by atoms with van der Waals surface area (Å²) in [5, 5.41) is 18.1. The molecular formula is C129H80N10O3S. The number of furan rings is 3. The fourth-order valence-corrected chi connectivity index (χ4v) is 23.8. The molecule has 11 heterocycles. The Morgan fingerprint density at radius 3 is 0.944 bits per heavy atom. The second-order valence-corrected chi connectivity index (χ2v) is 38.4. The summed E-state index contributed by atoms with van der Waals surface area (Å²) < 4.78 is 31.3. The maximum Gasteiger partial charge on any atom is 0.231 e. The third-order valence-corrected chi connectivity index (χ3v) is 30.2. The average Bonchev–Trinajstić information content (AvgIpc) is 1.55. The normalized spacial score (nSPS) is 12.5. The van der Waals surface area contributed by atoms with Gasteiger partial charge in [0.05, 0.1) is 94.4 Å². The van der Waals surface area contributed by atoms with E-state index in [9.17, 15) is 0 Å². The molecule has 0 saturated carbocycles. The molecule has 0 amide bonds. The topological polar surface area (TPSA) is 136 Å². The highest BCUT2D eigenvalue weighted by atomic mass is 32.1. The van der Waals surface area contributed by atoms with Gasteiger partial charge in [-0.25, -0.2) is 15.0 Å². The Bertz CT molecular complexity index is 10500. The minimum Gasteiger partial charge on any atom is -0.438 e. The van der Waals surface area contributed by atoms with E-state index < -0.39 is 0 Å². The molecule has 0 fully saturated rings. The van der Waals surface area contributed by atoms with Crippen LogP contribution in [0.2, 0.25) is 0 Å². The first-order valence-electron chi connectivity index (χ1n) is 48.3. The van der Waals surface area contributed by atoms with Crippen molar-refractivity contribution in [2.45, 2.75) is 19.3 Å². The molecule has 0 bridgehead atoms. The molecule has 1 aliphatic carbocycles. The van der Waals surface area contributed by atoms with E-state index in [1.165, 1.54) is 96.5 Å². The lowest BCUT2D eigenvalue weighted by Crippen LogP contribution is -2.14. The minimum atomic E-state index is -0.0785. The number of para-hydroxylation sites is 11. The van der Waals surface area contributed by atoms with Crippen molar-refractivity contribution in [3.8, 4) is 102 Å². The Morgan fingerprint density at radius 1 is 0.210 bits per heavy atom. The van der Waals surface area contributed by atoms with Crippen molar-refractivity contribution in [2.75, 3.05) is 0 Å². The molecule has 670 valence electrons. The van der Waals surface area contributed by atoms with Crippen LogP contribution in [0, 0.1) is 0 Å². The molecule has 0 atom stereocenters. The first kappa shape index (κ1) is 81.4. The maximum atomic E-state index is 6.42. The zero-order chi connectivity index (χ0) is 94.2. The lowest BCUT2D eigenvalue weighted by atomic mass is 9.82. The summed E-state index contributed by atoms with van der Waals surface area (Å²) in [5.74, 6) is 1.87. The molecule has 14 heteroatoms. The molecule has 1 aliphatic rings. The Balaban J connectivity index is 0.000000102. The summed E-state index contributed by atoms with van der Waals surface area (Å²) in [6.45, 7) is 4.68. The molecule has 19 aromatic carbocycles. The second-order valence-electron chi connectivity index (χ2n) is 37.4. The van der Waals surface area contributed by atoms with Gasteiger partial charge < -0.3 is 31.5 Å². The zero-order valence-corrected chi connectivity index (χ0v) is 78.1. The molecule has 0 aliphatic heterocycles. The average molecular weight is 1850 g/mol. The minimum absolute atomic E-state index is 0.0785. The number of benzene rings is 19. The van der Waals surface area contributed by atoms with Crippen LogP contribution in [0.4, 0.5) is 0 Å². The van der Waals surface area contributed by atoms with Crippen molar-refractivity contribution < 1.29 is 13.3 Å². The largest absolute Gasteiger partial charge is 0.438 e. The standard InChI is InChI=1S/C46H28N4O.C43H29N3O.C40H23N3OS/c1-3-15-29(16-4-1)44-43-34-22-10-14-26-42(34)51-46(43)48-45(47-44)33-21-9-13-25-39(33)50-38-24-12-8-20-32(38)36-27-40-35(28-41(36)50)31-19-7-11-23-37(31)49(40)30-17-5-2-6-18-30;1-43(2)33-20-10-6-16-27(33)31-25-37-32(24-34(31)43)28-17-7-11-21-35(28)46(37)36-22-12-8-18-29(36)41-44-40(26-14-4-3-5-15-26)39-30-19-9-13-23-38(30)47-42(39)45-41;1-2-12-24(13-3-1)38-37-28-17-6-10-20-34(28)44-40(37)42-39(41-38)27-16-5-9-19-32(27)43-31-18-8-4-14-25(31)29-23-36-30(22-33(29)43)26-15-7-11-21-35(26)45-36/h1-28H;3-25H,1-2H3;1-23H. The maximum absolute atomic E-state index is 6.42. The van der Waals surface area contributed by atoms with Crippen LogP contribution in [0.3, 0.4) is 0 Å². The fraction of sp³-hybridized carbons (Fsp3) is 0.0233. The van der Waals surface area contributed by atoms with Crippen molar-refractivity contribution in [3.63, 3.8) is 0 Å². The smallest absolute Gasteiger partial charge is 0.231 e. The number of hydrogen-bond donors (Lipinski definition) is 0. The van der Waals surface area contributed by atoms with Gasteiger partial charge in [-0.05, 0) is 156 Å². The summed E-state index contributed by atoms with van der Waals surface area (Å²) in [5.41, 5.74) is 31.3.